The van der Waals surface area contributed by atoms with Crippen molar-refractivity contribution in [3.05, 3.63) is 0 Å². The molecule has 2 fully saturated rings. The zero-order chi connectivity index (χ0) is 13.9. The Bertz CT molecular complexity index is 317. The number of carbonyl (C=O) groups excluding carboxylic acids is 1. The summed E-state index contributed by atoms with van der Waals surface area (Å²) >= 11 is 0. The van der Waals surface area contributed by atoms with Crippen LogP contribution in [-0.2, 0) is 9.53 Å². The van der Waals surface area contributed by atoms with Crippen molar-refractivity contribution in [3.8, 4) is 0 Å². The molecule has 0 spiro atoms. The number of ether oxygens (including phenoxy) is 1. The van der Waals surface area contributed by atoms with Crippen molar-refractivity contribution in [1.29, 1.82) is 0 Å². The fourth-order valence-corrected chi connectivity index (χ4v) is 3.11. The molecule has 1 saturated carbocycles. The van der Waals surface area contributed by atoms with Gasteiger partial charge in [-0.25, -0.2) is 0 Å². The maximum atomic E-state index is 12.3. The van der Waals surface area contributed by atoms with Crippen molar-refractivity contribution >= 4 is 5.97 Å². The zero-order valence-electron chi connectivity index (χ0n) is 12.6. The van der Waals surface area contributed by atoms with E-state index in [0.29, 0.717) is 18.7 Å². The maximum Gasteiger partial charge on any atom is 0.327 e. The molecule has 1 saturated heterocycles. The maximum absolute atomic E-state index is 12.3. The molecule has 0 amide bonds. The van der Waals surface area contributed by atoms with E-state index in [1.165, 1.54) is 32.1 Å². The van der Waals surface area contributed by atoms with Crippen LogP contribution in [0.1, 0.15) is 52.9 Å². The number of hydrogen-bond donors (Lipinski definition) is 1. The third kappa shape index (κ3) is 3.69. The van der Waals surface area contributed by atoms with Crippen molar-refractivity contribution in [2.45, 2.75) is 70.5 Å². The molecule has 1 N–H and O–H groups in total. The zero-order valence-corrected chi connectivity index (χ0v) is 12.6. The number of nitrogens with zero attached hydrogens (tertiary/aromatic N) is 1. The number of likely N-dealkylation sites (tertiary alicyclic amines) is 1. The highest BCUT2D eigenvalue weighted by Crippen LogP contribution is 2.27. The topological polar surface area (TPSA) is 41.6 Å². The van der Waals surface area contributed by atoms with Crippen molar-refractivity contribution in [2.75, 3.05) is 19.7 Å². The minimum atomic E-state index is -0.547. The van der Waals surface area contributed by atoms with E-state index in [2.05, 4.69) is 17.1 Å². The van der Waals surface area contributed by atoms with Crippen LogP contribution in [0.3, 0.4) is 0 Å². The molecule has 2 unspecified atom stereocenters. The molecule has 2 rings (SSSR count). The van der Waals surface area contributed by atoms with Gasteiger partial charge in [-0.15, -0.1) is 0 Å². The smallest absolute Gasteiger partial charge is 0.327 e. The van der Waals surface area contributed by atoms with E-state index in [1.54, 1.807) is 0 Å². The monoisotopic (exact) mass is 268 g/mol. The van der Waals surface area contributed by atoms with E-state index in [1.807, 2.05) is 13.8 Å². The van der Waals surface area contributed by atoms with Crippen molar-refractivity contribution in [3.63, 3.8) is 0 Å². The summed E-state index contributed by atoms with van der Waals surface area (Å²) in [6, 6.07) is 1.15. The van der Waals surface area contributed by atoms with E-state index in [4.69, 9.17) is 4.74 Å². The van der Waals surface area contributed by atoms with E-state index in [-0.39, 0.29) is 5.97 Å². The Morgan fingerprint density at radius 2 is 2.11 bits per heavy atom. The van der Waals surface area contributed by atoms with Crippen LogP contribution < -0.4 is 5.32 Å². The van der Waals surface area contributed by atoms with Gasteiger partial charge >= 0.3 is 5.97 Å². The molecule has 19 heavy (non-hydrogen) atoms. The average molecular weight is 268 g/mol. The van der Waals surface area contributed by atoms with Crippen LogP contribution in [0.15, 0.2) is 0 Å². The summed E-state index contributed by atoms with van der Waals surface area (Å²) in [5, 5.41) is 3.51. The van der Waals surface area contributed by atoms with Gasteiger partial charge in [0, 0.05) is 18.6 Å². The van der Waals surface area contributed by atoms with Crippen LogP contribution in [0.2, 0.25) is 0 Å². The highest BCUT2D eigenvalue weighted by molar-refractivity contribution is 5.80. The van der Waals surface area contributed by atoms with Gasteiger partial charge in [0.15, 0.2) is 0 Å². The van der Waals surface area contributed by atoms with Gasteiger partial charge in [0.2, 0.25) is 0 Å². The molecule has 0 aromatic rings. The molecule has 4 heteroatoms. The first-order valence-corrected chi connectivity index (χ1v) is 7.78. The fraction of sp³-hybridized carbons (Fsp3) is 0.933. The average Bonchev–Trinajstić information content (AvgIpc) is 3.06. The Morgan fingerprint density at radius 3 is 2.68 bits per heavy atom. The van der Waals surface area contributed by atoms with Crippen LogP contribution >= 0.6 is 0 Å². The molecule has 2 aliphatic rings. The third-order valence-electron chi connectivity index (χ3n) is 4.32. The standard InChI is InChI=1S/C15H28N2O2/c1-4-13-7-6-10-17(13)11-15(3,14(18)19-5-2)16-12-8-9-12/h12-13,16H,4-11H2,1-3H3. The van der Waals surface area contributed by atoms with Crippen molar-refractivity contribution in [2.24, 2.45) is 0 Å². The normalized spacial score (nSPS) is 27.2. The molecule has 4 nitrogen and oxygen atoms in total. The summed E-state index contributed by atoms with van der Waals surface area (Å²) in [6.45, 7) is 8.46. The Balaban J connectivity index is 2.01. The summed E-state index contributed by atoms with van der Waals surface area (Å²) in [5.41, 5.74) is -0.547. The molecule has 0 aromatic carbocycles. The Hall–Kier alpha value is -0.610. The van der Waals surface area contributed by atoms with Gasteiger partial charge in [-0.3, -0.25) is 15.0 Å². The van der Waals surface area contributed by atoms with Crippen molar-refractivity contribution < 1.29 is 9.53 Å². The Labute approximate surface area is 116 Å². The second-order valence-electron chi connectivity index (χ2n) is 6.15. The minimum Gasteiger partial charge on any atom is -0.465 e. The summed E-state index contributed by atoms with van der Waals surface area (Å²) < 4.78 is 5.29. The molecule has 1 heterocycles. The lowest BCUT2D eigenvalue weighted by molar-refractivity contribution is -0.151. The summed E-state index contributed by atoms with van der Waals surface area (Å²) in [5.74, 6) is -0.0938. The van der Waals surface area contributed by atoms with Crippen LogP contribution in [0.5, 0.6) is 0 Å². The number of esters is 1. The Morgan fingerprint density at radius 1 is 1.37 bits per heavy atom. The first-order chi connectivity index (χ1) is 9.09. The number of nitrogens with one attached hydrogen (secondary N) is 1. The molecule has 0 aromatic heterocycles. The number of hydrogen-bond acceptors (Lipinski definition) is 4. The van der Waals surface area contributed by atoms with Gasteiger partial charge in [0.05, 0.1) is 6.61 Å². The predicted molar refractivity (Wildman–Crippen MR) is 76.1 cm³/mol. The van der Waals surface area contributed by atoms with Gasteiger partial charge in [0.1, 0.15) is 5.54 Å². The highest BCUT2D eigenvalue weighted by Gasteiger charge is 2.42. The Kier molecular flexibility index (Phi) is 4.85. The van der Waals surface area contributed by atoms with E-state index in [9.17, 15) is 4.79 Å². The molecule has 2 atom stereocenters. The quantitative estimate of drug-likeness (QED) is 0.716. The summed E-state index contributed by atoms with van der Waals surface area (Å²) in [6.07, 6.45) is 6.06. The molecule has 1 aliphatic carbocycles. The lowest BCUT2D eigenvalue weighted by atomic mass is 10.0. The third-order valence-corrected chi connectivity index (χ3v) is 4.32. The lowest BCUT2D eigenvalue weighted by Gasteiger charge is -2.35. The first kappa shape index (κ1) is 14.8. The molecule has 110 valence electrons. The fourth-order valence-electron chi connectivity index (χ4n) is 3.11. The van der Waals surface area contributed by atoms with Crippen molar-refractivity contribution in [1.82, 2.24) is 10.2 Å². The molecule has 0 radical (unpaired) electrons. The van der Waals surface area contributed by atoms with E-state index >= 15 is 0 Å². The van der Waals surface area contributed by atoms with Gasteiger partial charge in [-0.05, 0) is 52.5 Å². The van der Waals surface area contributed by atoms with Gasteiger partial charge in [0.25, 0.3) is 0 Å². The van der Waals surface area contributed by atoms with Gasteiger partial charge in [-0.2, -0.15) is 0 Å². The second kappa shape index (κ2) is 6.23. The summed E-state index contributed by atoms with van der Waals surface area (Å²) in [7, 11) is 0. The SMILES string of the molecule is CCOC(=O)C(C)(CN1CCCC1CC)NC1CC1. The number of carbonyl (C=O) groups is 1. The van der Waals surface area contributed by atoms with E-state index < -0.39 is 5.54 Å². The highest BCUT2D eigenvalue weighted by atomic mass is 16.5. The largest absolute Gasteiger partial charge is 0.465 e. The predicted octanol–water partition coefficient (Wildman–Crippen LogP) is 1.93. The lowest BCUT2D eigenvalue weighted by Crippen LogP contribution is -2.59. The van der Waals surface area contributed by atoms with Crippen LogP contribution in [0.25, 0.3) is 0 Å². The van der Waals surface area contributed by atoms with Crippen LogP contribution in [-0.4, -0.2) is 48.2 Å². The first-order valence-electron chi connectivity index (χ1n) is 7.78. The molecule has 1 aliphatic heterocycles. The minimum absolute atomic E-state index is 0.0938. The van der Waals surface area contributed by atoms with Crippen LogP contribution in [0, 0.1) is 0 Å². The van der Waals surface area contributed by atoms with Gasteiger partial charge in [-0.1, -0.05) is 6.92 Å². The molecule has 0 bridgehead atoms. The second-order valence-corrected chi connectivity index (χ2v) is 6.15. The number of rotatable bonds is 7. The molecular weight excluding hydrogens is 240 g/mol. The van der Waals surface area contributed by atoms with Crippen LogP contribution in [0.4, 0.5) is 0 Å². The van der Waals surface area contributed by atoms with Gasteiger partial charge < -0.3 is 4.74 Å². The van der Waals surface area contributed by atoms with E-state index in [0.717, 1.165) is 13.1 Å². The summed E-state index contributed by atoms with van der Waals surface area (Å²) in [4.78, 5) is 14.8. The molecular formula is C15H28N2O2.